The zero-order valence-corrected chi connectivity index (χ0v) is 11.9. The van der Waals surface area contributed by atoms with Crippen LogP contribution in [-0.4, -0.2) is 41.9 Å². The molecule has 0 aliphatic carbocycles. The quantitative estimate of drug-likeness (QED) is 0.914. The van der Waals surface area contributed by atoms with Crippen LogP contribution in [0.25, 0.3) is 0 Å². The zero-order chi connectivity index (χ0) is 12.5. The highest BCUT2D eigenvalue weighted by Gasteiger charge is 2.29. The topological polar surface area (TPSA) is 57.6 Å². The van der Waals surface area contributed by atoms with E-state index in [-0.39, 0.29) is 6.61 Å². The molecule has 0 bridgehead atoms. The summed E-state index contributed by atoms with van der Waals surface area (Å²) in [5, 5.41) is 11.0. The lowest BCUT2D eigenvalue weighted by molar-refractivity contribution is 0.282. The van der Waals surface area contributed by atoms with E-state index in [2.05, 4.69) is 0 Å². The standard InChI is InChI=1S/C10H15NO3S3/c1-8-5-11(2-3-15-8)17(13,14)10-4-9(6-12)7-16-10/h4,7-8,12H,2-3,5-6H2,1H3. The number of aliphatic hydroxyl groups is 1. The number of thiophene rings is 1. The summed E-state index contributed by atoms with van der Waals surface area (Å²) in [5.74, 6) is 0.846. The van der Waals surface area contributed by atoms with E-state index in [4.69, 9.17) is 5.11 Å². The summed E-state index contributed by atoms with van der Waals surface area (Å²) < 4.78 is 26.5. The fourth-order valence-electron chi connectivity index (χ4n) is 1.70. The van der Waals surface area contributed by atoms with Crippen LogP contribution in [0, 0.1) is 0 Å². The lowest BCUT2D eigenvalue weighted by atomic mass is 10.4. The Morgan fingerprint density at radius 1 is 1.59 bits per heavy atom. The zero-order valence-electron chi connectivity index (χ0n) is 9.50. The van der Waals surface area contributed by atoms with Gasteiger partial charge in [-0.05, 0) is 17.0 Å². The first-order chi connectivity index (χ1) is 8.04. The summed E-state index contributed by atoms with van der Waals surface area (Å²) in [5.41, 5.74) is 0.660. The van der Waals surface area contributed by atoms with Crippen LogP contribution in [0.3, 0.4) is 0 Å². The highest BCUT2D eigenvalue weighted by atomic mass is 32.2. The Morgan fingerprint density at radius 3 is 2.94 bits per heavy atom. The van der Waals surface area contributed by atoms with E-state index >= 15 is 0 Å². The van der Waals surface area contributed by atoms with Gasteiger partial charge in [0.05, 0.1) is 6.61 Å². The van der Waals surface area contributed by atoms with E-state index in [0.29, 0.717) is 28.1 Å². The molecule has 1 saturated heterocycles. The van der Waals surface area contributed by atoms with Gasteiger partial charge in [-0.15, -0.1) is 11.3 Å². The molecule has 2 heterocycles. The molecule has 1 fully saturated rings. The summed E-state index contributed by atoms with van der Waals surface area (Å²) in [4.78, 5) is 0. The first-order valence-electron chi connectivity index (χ1n) is 5.34. The van der Waals surface area contributed by atoms with E-state index in [0.717, 1.165) is 5.75 Å². The molecule has 1 unspecified atom stereocenters. The van der Waals surface area contributed by atoms with Crippen LogP contribution in [-0.2, 0) is 16.6 Å². The highest BCUT2D eigenvalue weighted by molar-refractivity contribution is 8.00. The van der Waals surface area contributed by atoms with Gasteiger partial charge in [0.15, 0.2) is 0 Å². The Bertz CT molecular complexity index is 483. The number of hydrogen-bond acceptors (Lipinski definition) is 5. The van der Waals surface area contributed by atoms with Gasteiger partial charge in [0, 0.05) is 24.1 Å². The second kappa shape index (κ2) is 5.27. The normalized spacial score (nSPS) is 22.8. The molecule has 0 radical (unpaired) electrons. The number of rotatable bonds is 3. The minimum absolute atomic E-state index is 0.113. The van der Waals surface area contributed by atoms with Gasteiger partial charge in [0.25, 0.3) is 10.0 Å². The Morgan fingerprint density at radius 2 is 2.35 bits per heavy atom. The molecular weight excluding hydrogens is 278 g/mol. The first kappa shape index (κ1) is 13.4. The third-order valence-electron chi connectivity index (χ3n) is 2.61. The average Bonchev–Trinajstić information content (AvgIpc) is 2.78. The minimum atomic E-state index is -3.36. The molecule has 1 atom stereocenters. The van der Waals surface area contributed by atoms with Gasteiger partial charge < -0.3 is 5.11 Å². The summed E-state index contributed by atoms with van der Waals surface area (Å²) in [7, 11) is -3.36. The van der Waals surface area contributed by atoms with Gasteiger partial charge >= 0.3 is 0 Å². The Hall–Kier alpha value is -0.0800. The predicted octanol–water partition coefficient (Wildman–Crippen LogP) is 1.37. The number of aliphatic hydroxyl groups excluding tert-OH is 1. The van der Waals surface area contributed by atoms with Crippen molar-refractivity contribution < 1.29 is 13.5 Å². The lowest BCUT2D eigenvalue weighted by Crippen LogP contribution is -2.40. The maximum Gasteiger partial charge on any atom is 0.252 e. The van der Waals surface area contributed by atoms with E-state index in [1.807, 2.05) is 6.92 Å². The monoisotopic (exact) mass is 293 g/mol. The van der Waals surface area contributed by atoms with Crippen LogP contribution < -0.4 is 0 Å². The molecule has 2 rings (SSSR count). The molecule has 4 nitrogen and oxygen atoms in total. The molecule has 1 aliphatic rings. The molecule has 0 spiro atoms. The third-order valence-corrected chi connectivity index (χ3v) is 7.08. The summed E-state index contributed by atoms with van der Waals surface area (Å²) in [6.07, 6.45) is 0. The maximum atomic E-state index is 12.3. The number of thioether (sulfide) groups is 1. The van der Waals surface area contributed by atoms with Crippen LogP contribution >= 0.6 is 23.1 Å². The van der Waals surface area contributed by atoms with Crippen molar-refractivity contribution in [2.45, 2.75) is 23.0 Å². The molecule has 1 N–H and O–H groups in total. The third kappa shape index (κ3) is 2.85. The Kier molecular flexibility index (Phi) is 4.14. The molecule has 96 valence electrons. The van der Waals surface area contributed by atoms with E-state index in [1.54, 1.807) is 27.5 Å². The maximum absolute atomic E-state index is 12.3. The van der Waals surface area contributed by atoms with Gasteiger partial charge in [-0.3, -0.25) is 0 Å². The van der Waals surface area contributed by atoms with Crippen molar-refractivity contribution in [2.75, 3.05) is 18.8 Å². The minimum Gasteiger partial charge on any atom is -0.392 e. The van der Waals surface area contributed by atoms with E-state index in [9.17, 15) is 8.42 Å². The largest absolute Gasteiger partial charge is 0.392 e. The number of hydrogen-bond donors (Lipinski definition) is 1. The van der Waals surface area contributed by atoms with Crippen LogP contribution in [0.1, 0.15) is 12.5 Å². The van der Waals surface area contributed by atoms with Gasteiger partial charge in [0.1, 0.15) is 4.21 Å². The van der Waals surface area contributed by atoms with Gasteiger partial charge in [0.2, 0.25) is 0 Å². The lowest BCUT2D eigenvalue weighted by Gasteiger charge is -2.29. The second-order valence-electron chi connectivity index (χ2n) is 3.98. The van der Waals surface area contributed by atoms with Crippen LogP contribution in [0.5, 0.6) is 0 Å². The molecule has 17 heavy (non-hydrogen) atoms. The summed E-state index contributed by atoms with van der Waals surface area (Å²) >= 11 is 2.98. The first-order valence-corrected chi connectivity index (χ1v) is 8.71. The predicted molar refractivity (Wildman–Crippen MR) is 70.9 cm³/mol. The van der Waals surface area contributed by atoms with Crippen LogP contribution in [0.15, 0.2) is 15.7 Å². The van der Waals surface area contributed by atoms with E-state index in [1.165, 1.54) is 11.3 Å². The van der Waals surface area contributed by atoms with Gasteiger partial charge in [-0.2, -0.15) is 16.1 Å². The molecule has 1 aromatic heterocycles. The van der Waals surface area contributed by atoms with Crippen molar-refractivity contribution in [2.24, 2.45) is 0 Å². The van der Waals surface area contributed by atoms with Crippen molar-refractivity contribution >= 4 is 33.1 Å². The second-order valence-corrected chi connectivity index (χ2v) is 8.60. The average molecular weight is 293 g/mol. The van der Waals surface area contributed by atoms with Gasteiger partial charge in [-0.25, -0.2) is 8.42 Å². The van der Waals surface area contributed by atoms with Crippen molar-refractivity contribution in [3.8, 4) is 0 Å². The smallest absolute Gasteiger partial charge is 0.252 e. The van der Waals surface area contributed by atoms with Gasteiger partial charge in [-0.1, -0.05) is 6.92 Å². The number of sulfonamides is 1. The summed E-state index contributed by atoms with van der Waals surface area (Å²) in [6, 6.07) is 1.56. The molecular formula is C10H15NO3S3. The fourth-order valence-corrected chi connectivity index (χ4v) is 5.81. The fraction of sp³-hybridized carbons (Fsp3) is 0.600. The Labute approximate surface area is 110 Å². The molecule has 7 heteroatoms. The SMILES string of the molecule is CC1CN(S(=O)(=O)c2cc(CO)cs2)CCS1. The van der Waals surface area contributed by atoms with Crippen molar-refractivity contribution in [1.82, 2.24) is 4.31 Å². The summed E-state index contributed by atoms with van der Waals surface area (Å²) in [6.45, 7) is 3.07. The highest BCUT2D eigenvalue weighted by Crippen LogP contribution is 2.28. The molecule has 0 saturated carbocycles. The molecule has 0 aromatic carbocycles. The van der Waals surface area contributed by atoms with Crippen LogP contribution in [0.2, 0.25) is 0 Å². The molecule has 0 amide bonds. The van der Waals surface area contributed by atoms with Crippen LogP contribution in [0.4, 0.5) is 0 Å². The van der Waals surface area contributed by atoms with Crippen molar-refractivity contribution in [1.29, 1.82) is 0 Å². The number of nitrogens with zero attached hydrogens (tertiary/aromatic N) is 1. The Balaban J connectivity index is 2.23. The molecule has 1 aliphatic heterocycles. The van der Waals surface area contributed by atoms with Crippen molar-refractivity contribution in [3.63, 3.8) is 0 Å². The van der Waals surface area contributed by atoms with Crippen molar-refractivity contribution in [3.05, 3.63) is 17.0 Å². The van der Waals surface area contributed by atoms with E-state index < -0.39 is 10.0 Å². The molecule has 1 aromatic rings.